The van der Waals surface area contributed by atoms with Crippen LogP contribution in [0.1, 0.15) is 39.5 Å². The molecule has 0 spiro atoms. The number of hydrogen-bond acceptors (Lipinski definition) is 4. The van der Waals surface area contributed by atoms with Crippen molar-refractivity contribution in [1.82, 2.24) is 10.6 Å². The summed E-state index contributed by atoms with van der Waals surface area (Å²) in [5.41, 5.74) is -0.556. The fraction of sp³-hybridized carbons (Fsp3) is 0.833. The van der Waals surface area contributed by atoms with E-state index in [1.807, 2.05) is 13.8 Å². The van der Waals surface area contributed by atoms with Crippen LogP contribution >= 0.6 is 12.4 Å². The average Bonchev–Trinajstić information content (AvgIpc) is 2.35. The van der Waals surface area contributed by atoms with Crippen molar-refractivity contribution < 1.29 is 14.3 Å². The van der Waals surface area contributed by atoms with Gasteiger partial charge in [0.15, 0.2) is 0 Å². The van der Waals surface area contributed by atoms with Crippen molar-refractivity contribution in [2.45, 2.75) is 51.1 Å². The first-order valence-corrected chi connectivity index (χ1v) is 6.17. The van der Waals surface area contributed by atoms with Crippen molar-refractivity contribution in [1.29, 1.82) is 0 Å². The number of amides is 1. The highest BCUT2D eigenvalue weighted by molar-refractivity contribution is 5.90. The molecule has 1 aliphatic rings. The summed E-state index contributed by atoms with van der Waals surface area (Å²) in [5.74, 6) is -0.505. The van der Waals surface area contributed by atoms with Gasteiger partial charge in [-0.25, -0.2) is 4.79 Å². The first-order chi connectivity index (χ1) is 8.03. The fourth-order valence-corrected chi connectivity index (χ4v) is 2.04. The first kappa shape index (κ1) is 17.2. The molecule has 1 fully saturated rings. The Kier molecular flexibility index (Phi) is 7.25. The molecule has 1 rings (SSSR count). The van der Waals surface area contributed by atoms with E-state index in [0.717, 1.165) is 25.8 Å². The Bertz CT molecular complexity index is 291. The molecule has 0 bridgehead atoms. The Morgan fingerprint density at radius 2 is 2.11 bits per heavy atom. The summed E-state index contributed by atoms with van der Waals surface area (Å²) in [6.07, 6.45) is 3.47. The van der Waals surface area contributed by atoms with E-state index in [0.29, 0.717) is 6.42 Å². The number of hydrogen-bond donors (Lipinski definition) is 2. The van der Waals surface area contributed by atoms with Gasteiger partial charge in [0.05, 0.1) is 12.6 Å². The molecule has 106 valence electrons. The van der Waals surface area contributed by atoms with Crippen LogP contribution < -0.4 is 10.6 Å². The molecule has 1 saturated heterocycles. The summed E-state index contributed by atoms with van der Waals surface area (Å²) in [6.45, 7) is 4.57. The van der Waals surface area contributed by atoms with Gasteiger partial charge in [-0.1, -0.05) is 6.92 Å². The van der Waals surface area contributed by atoms with E-state index in [9.17, 15) is 9.59 Å². The van der Waals surface area contributed by atoms with Crippen LogP contribution in [0.3, 0.4) is 0 Å². The summed E-state index contributed by atoms with van der Waals surface area (Å²) < 4.78 is 4.65. The normalized spacial score (nSPS) is 24.6. The third kappa shape index (κ3) is 4.14. The molecule has 0 saturated carbocycles. The Balaban J connectivity index is 0.00000289. The smallest absolute Gasteiger partial charge is 0.328 e. The highest BCUT2D eigenvalue weighted by Gasteiger charge is 2.36. The SMILES string of the molecule is CCC(NC(=O)C1(C)CCCCN1)C(=O)OC.Cl. The van der Waals surface area contributed by atoms with E-state index in [1.54, 1.807) is 0 Å². The van der Waals surface area contributed by atoms with E-state index in [2.05, 4.69) is 15.4 Å². The second-order valence-electron chi connectivity index (χ2n) is 4.67. The zero-order valence-electron chi connectivity index (χ0n) is 11.2. The lowest BCUT2D eigenvalue weighted by Crippen LogP contribution is -2.59. The summed E-state index contributed by atoms with van der Waals surface area (Å²) in [5, 5.41) is 5.97. The average molecular weight is 279 g/mol. The van der Waals surface area contributed by atoms with Gasteiger partial charge in [0.2, 0.25) is 5.91 Å². The molecule has 5 nitrogen and oxygen atoms in total. The lowest BCUT2D eigenvalue weighted by molar-refractivity contribution is -0.146. The standard InChI is InChI=1S/C12H22N2O3.ClH/c1-4-9(10(15)17-3)14-11(16)12(2)7-5-6-8-13-12;/h9,13H,4-8H2,1-3H3,(H,14,16);1H. The Hall–Kier alpha value is -0.810. The molecule has 0 aromatic carbocycles. The molecular weight excluding hydrogens is 256 g/mol. The van der Waals surface area contributed by atoms with E-state index in [4.69, 9.17) is 0 Å². The van der Waals surface area contributed by atoms with Crippen molar-refractivity contribution in [3.8, 4) is 0 Å². The summed E-state index contributed by atoms with van der Waals surface area (Å²) in [4.78, 5) is 23.5. The molecule has 1 amide bonds. The van der Waals surface area contributed by atoms with Crippen LogP contribution in [-0.2, 0) is 14.3 Å². The molecule has 1 heterocycles. The number of ether oxygens (including phenoxy) is 1. The molecule has 2 atom stereocenters. The van der Waals surface area contributed by atoms with Crippen molar-refractivity contribution >= 4 is 24.3 Å². The van der Waals surface area contributed by atoms with E-state index < -0.39 is 11.6 Å². The van der Waals surface area contributed by atoms with Gasteiger partial charge in [0, 0.05) is 0 Å². The largest absolute Gasteiger partial charge is 0.467 e. The molecule has 0 aromatic rings. The van der Waals surface area contributed by atoms with Gasteiger partial charge >= 0.3 is 5.97 Å². The predicted molar refractivity (Wildman–Crippen MR) is 71.7 cm³/mol. The number of nitrogens with one attached hydrogen (secondary N) is 2. The van der Waals surface area contributed by atoms with Crippen molar-refractivity contribution in [3.63, 3.8) is 0 Å². The Morgan fingerprint density at radius 3 is 2.56 bits per heavy atom. The second kappa shape index (κ2) is 7.59. The fourth-order valence-electron chi connectivity index (χ4n) is 2.04. The minimum Gasteiger partial charge on any atom is -0.467 e. The van der Waals surface area contributed by atoms with Gasteiger partial charge in [-0.2, -0.15) is 0 Å². The highest BCUT2D eigenvalue weighted by Crippen LogP contribution is 2.19. The molecule has 0 radical (unpaired) electrons. The zero-order chi connectivity index (χ0) is 12.9. The van der Waals surface area contributed by atoms with Gasteiger partial charge < -0.3 is 15.4 Å². The van der Waals surface area contributed by atoms with Crippen molar-refractivity contribution in [2.24, 2.45) is 0 Å². The van der Waals surface area contributed by atoms with Gasteiger partial charge in [-0.05, 0) is 39.2 Å². The van der Waals surface area contributed by atoms with Gasteiger partial charge in [-0.3, -0.25) is 4.79 Å². The number of carbonyl (C=O) groups is 2. The minimum atomic E-state index is -0.556. The molecular formula is C12H23ClN2O3. The zero-order valence-corrected chi connectivity index (χ0v) is 12.1. The maximum absolute atomic E-state index is 12.1. The second-order valence-corrected chi connectivity index (χ2v) is 4.67. The molecule has 1 aliphatic heterocycles. The summed E-state index contributed by atoms with van der Waals surface area (Å²) in [7, 11) is 1.33. The van der Waals surface area contributed by atoms with Crippen LogP contribution in [0, 0.1) is 0 Å². The molecule has 0 aromatic heterocycles. The lowest BCUT2D eigenvalue weighted by atomic mass is 9.89. The summed E-state index contributed by atoms with van der Waals surface area (Å²) in [6, 6.07) is -0.548. The Morgan fingerprint density at radius 1 is 1.44 bits per heavy atom. The number of methoxy groups -OCH3 is 1. The number of piperidine rings is 1. The number of esters is 1. The monoisotopic (exact) mass is 278 g/mol. The number of rotatable bonds is 4. The topological polar surface area (TPSA) is 67.4 Å². The molecule has 0 aliphatic carbocycles. The van der Waals surface area contributed by atoms with Gasteiger partial charge in [0.25, 0.3) is 0 Å². The Labute approximate surface area is 114 Å². The van der Waals surface area contributed by atoms with Gasteiger partial charge in [0.1, 0.15) is 6.04 Å². The van der Waals surface area contributed by atoms with Crippen LogP contribution in [0.25, 0.3) is 0 Å². The van der Waals surface area contributed by atoms with Crippen LogP contribution in [0.4, 0.5) is 0 Å². The summed E-state index contributed by atoms with van der Waals surface area (Å²) >= 11 is 0. The number of halogens is 1. The molecule has 2 N–H and O–H groups in total. The van der Waals surface area contributed by atoms with Crippen LogP contribution in [-0.4, -0.2) is 37.1 Å². The van der Waals surface area contributed by atoms with E-state index in [-0.39, 0.29) is 24.3 Å². The quantitative estimate of drug-likeness (QED) is 0.753. The third-order valence-corrected chi connectivity index (χ3v) is 3.32. The van der Waals surface area contributed by atoms with E-state index in [1.165, 1.54) is 7.11 Å². The number of carbonyl (C=O) groups excluding carboxylic acids is 2. The van der Waals surface area contributed by atoms with Gasteiger partial charge in [-0.15, -0.1) is 12.4 Å². The lowest BCUT2D eigenvalue weighted by Gasteiger charge is -2.34. The van der Waals surface area contributed by atoms with Crippen LogP contribution in [0.15, 0.2) is 0 Å². The predicted octanol–water partition coefficient (Wildman–Crippen LogP) is 1.01. The molecule has 18 heavy (non-hydrogen) atoms. The van der Waals surface area contributed by atoms with Crippen molar-refractivity contribution in [2.75, 3.05) is 13.7 Å². The first-order valence-electron chi connectivity index (χ1n) is 6.17. The third-order valence-electron chi connectivity index (χ3n) is 3.32. The van der Waals surface area contributed by atoms with Crippen LogP contribution in [0.5, 0.6) is 0 Å². The van der Waals surface area contributed by atoms with E-state index >= 15 is 0 Å². The molecule has 2 unspecified atom stereocenters. The minimum absolute atomic E-state index is 0. The van der Waals surface area contributed by atoms with Crippen molar-refractivity contribution in [3.05, 3.63) is 0 Å². The maximum atomic E-state index is 12.1. The maximum Gasteiger partial charge on any atom is 0.328 e. The highest BCUT2D eigenvalue weighted by atomic mass is 35.5. The van der Waals surface area contributed by atoms with Crippen LogP contribution in [0.2, 0.25) is 0 Å². The molecule has 6 heteroatoms.